The number of allylic oxidation sites excluding steroid dienone is 4. The maximum absolute atomic E-state index is 13.7. The highest BCUT2D eigenvalue weighted by Gasteiger charge is 2.68. The first-order chi connectivity index (χ1) is 17.0. The van der Waals surface area contributed by atoms with Crippen LogP contribution >= 0.6 is 11.6 Å². The molecule has 0 spiro atoms. The van der Waals surface area contributed by atoms with Crippen LogP contribution in [0.2, 0.25) is 0 Å². The molecule has 0 radical (unpaired) electrons. The number of aliphatic imine (C=N–C) groups is 1. The zero-order chi connectivity index (χ0) is 26.4. The molecule has 0 aromatic heterocycles. The number of carbonyl (C=O) groups is 3. The topological polar surface area (TPSA) is 102 Å². The third-order valence-corrected chi connectivity index (χ3v) is 9.75. The summed E-state index contributed by atoms with van der Waals surface area (Å²) in [4.78, 5) is 42.5. The maximum atomic E-state index is 13.7. The molecule has 0 aliphatic heterocycles. The van der Waals surface area contributed by atoms with Crippen LogP contribution in [0.3, 0.4) is 0 Å². The van der Waals surface area contributed by atoms with Crippen LogP contribution in [0.5, 0.6) is 0 Å². The van der Waals surface area contributed by atoms with Gasteiger partial charge >= 0.3 is 11.9 Å². The number of hydrogen-bond acceptors (Lipinski definition) is 7. The lowest BCUT2D eigenvalue weighted by Gasteiger charge is -2.57. The maximum Gasteiger partial charge on any atom is 0.306 e. The number of ether oxygens (including phenoxy) is 2. The molecule has 4 rings (SSSR count). The predicted molar refractivity (Wildman–Crippen MR) is 137 cm³/mol. The molecule has 0 aromatic carbocycles. The Morgan fingerprint density at radius 1 is 1.19 bits per heavy atom. The third kappa shape index (κ3) is 4.16. The third-order valence-electron chi connectivity index (χ3n) is 9.30. The fourth-order valence-corrected chi connectivity index (χ4v) is 8.11. The van der Waals surface area contributed by atoms with Gasteiger partial charge in [0.1, 0.15) is 0 Å². The van der Waals surface area contributed by atoms with Gasteiger partial charge < -0.3 is 14.6 Å². The second-order valence-corrected chi connectivity index (χ2v) is 11.6. The number of aliphatic hydroxyl groups excluding tert-OH is 1. The van der Waals surface area contributed by atoms with Gasteiger partial charge in [0, 0.05) is 48.4 Å². The summed E-state index contributed by atoms with van der Waals surface area (Å²) in [6.45, 7) is 6.98. The van der Waals surface area contributed by atoms with E-state index < -0.39 is 42.0 Å². The number of ketones is 1. The van der Waals surface area contributed by atoms with E-state index in [0.717, 1.165) is 5.71 Å². The molecule has 4 aliphatic carbocycles. The molecule has 9 atom stereocenters. The van der Waals surface area contributed by atoms with Crippen LogP contribution in [-0.2, 0) is 23.9 Å². The van der Waals surface area contributed by atoms with Crippen LogP contribution < -0.4 is 0 Å². The van der Waals surface area contributed by atoms with Gasteiger partial charge in [0.15, 0.2) is 12.2 Å². The monoisotopic (exact) mass is 519 g/mol. The zero-order valence-electron chi connectivity index (χ0n) is 21.8. The molecule has 36 heavy (non-hydrogen) atoms. The van der Waals surface area contributed by atoms with Gasteiger partial charge in [-0.1, -0.05) is 39.3 Å². The van der Waals surface area contributed by atoms with Crippen LogP contribution in [0.15, 0.2) is 28.8 Å². The molecule has 0 heterocycles. The Morgan fingerprint density at radius 3 is 2.53 bits per heavy atom. The number of aliphatic hydroxyl groups is 1. The summed E-state index contributed by atoms with van der Waals surface area (Å²) in [6.07, 6.45) is 7.39. The smallest absolute Gasteiger partial charge is 0.306 e. The van der Waals surface area contributed by atoms with Crippen LogP contribution in [0.1, 0.15) is 59.8 Å². The minimum atomic E-state index is -1.45. The van der Waals surface area contributed by atoms with Crippen molar-refractivity contribution in [2.24, 2.45) is 40.0 Å². The normalized spacial score (nSPS) is 42.1. The van der Waals surface area contributed by atoms with Gasteiger partial charge in [-0.2, -0.15) is 0 Å². The highest BCUT2D eigenvalue weighted by Crippen LogP contribution is 2.65. The van der Waals surface area contributed by atoms with Crippen molar-refractivity contribution in [1.82, 2.24) is 0 Å². The van der Waals surface area contributed by atoms with Gasteiger partial charge in [0.25, 0.3) is 0 Å². The number of fused-ring (bicyclic) bond motifs is 5. The average Bonchev–Trinajstić information content (AvgIpc) is 3.13. The van der Waals surface area contributed by atoms with E-state index in [1.165, 1.54) is 5.57 Å². The van der Waals surface area contributed by atoms with Crippen molar-refractivity contribution in [2.75, 3.05) is 13.7 Å². The summed E-state index contributed by atoms with van der Waals surface area (Å²) in [5, 5.41) is 11.4. The van der Waals surface area contributed by atoms with Gasteiger partial charge in [0.05, 0.1) is 11.8 Å². The van der Waals surface area contributed by atoms with Crippen molar-refractivity contribution in [3.8, 4) is 0 Å². The number of carbonyl (C=O) groups excluding carboxylic acids is 3. The van der Waals surface area contributed by atoms with Gasteiger partial charge in [-0.15, -0.1) is 11.6 Å². The molecule has 0 saturated heterocycles. The fraction of sp³-hybridized carbons (Fsp3) is 0.714. The SMILES string of the molecule is CCC(=O)OCC(=O)[C@]1(OC(=O)CC)C2C[C@H](O)[C@H]3[C@@H]([C@H](Cl)CC4=C/C(=N/C)C=C[C@@]43C)[C@@H]2C[C@H]1C. The molecular weight excluding hydrogens is 482 g/mol. The Labute approximate surface area is 218 Å². The molecule has 4 aliphatic rings. The van der Waals surface area contributed by atoms with Crippen molar-refractivity contribution in [1.29, 1.82) is 0 Å². The molecule has 0 amide bonds. The van der Waals surface area contributed by atoms with E-state index in [2.05, 4.69) is 24.1 Å². The van der Waals surface area contributed by atoms with Crippen molar-refractivity contribution in [2.45, 2.75) is 76.9 Å². The lowest BCUT2D eigenvalue weighted by molar-refractivity contribution is -0.187. The van der Waals surface area contributed by atoms with Crippen LogP contribution in [0.4, 0.5) is 0 Å². The minimum absolute atomic E-state index is 0.0144. The first kappa shape index (κ1) is 27.1. The summed E-state index contributed by atoms with van der Waals surface area (Å²) in [7, 11) is 1.76. The van der Waals surface area contributed by atoms with Gasteiger partial charge in [-0.05, 0) is 43.3 Å². The quantitative estimate of drug-likeness (QED) is 0.419. The van der Waals surface area contributed by atoms with Crippen molar-refractivity contribution < 1.29 is 29.0 Å². The van der Waals surface area contributed by atoms with Crippen molar-refractivity contribution in [3.63, 3.8) is 0 Å². The Kier molecular flexibility index (Phi) is 7.55. The van der Waals surface area contributed by atoms with E-state index >= 15 is 0 Å². The number of halogens is 1. The number of alkyl halides is 1. The number of esters is 2. The molecule has 7 nitrogen and oxygen atoms in total. The Morgan fingerprint density at radius 2 is 1.89 bits per heavy atom. The molecule has 8 heteroatoms. The van der Waals surface area contributed by atoms with E-state index in [1.54, 1.807) is 20.9 Å². The average molecular weight is 520 g/mol. The second kappa shape index (κ2) is 10.1. The van der Waals surface area contributed by atoms with Crippen molar-refractivity contribution >= 4 is 35.0 Å². The Balaban J connectivity index is 1.73. The molecule has 0 bridgehead atoms. The fourth-order valence-electron chi connectivity index (χ4n) is 7.60. The molecule has 3 saturated carbocycles. The predicted octanol–water partition coefficient (Wildman–Crippen LogP) is 4.05. The van der Waals surface area contributed by atoms with Gasteiger partial charge in [-0.3, -0.25) is 19.4 Å². The molecule has 0 aromatic rings. The van der Waals surface area contributed by atoms with Gasteiger partial charge in [-0.25, -0.2) is 0 Å². The van der Waals surface area contributed by atoms with Crippen LogP contribution in [0, 0.1) is 35.0 Å². The molecule has 1 unspecified atom stereocenters. The summed E-state index contributed by atoms with van der Waals surface area (Å²) < 4.78 is 11.2. The summed E-state index contributed by atoms with van der Waals surface area (Å²) in [5.41, 5.74) is 0.237. The number of nitrogens with zero attached hydrogens (tertiary/aromatic N) is 1. The lowest BCUT2D eigenvalue weighted by Crippen LogP contribution is -2.60. The zero-order valence-corrected chi connectivity index (χ0v) is 22.6. The van der Waals surface area contributed by atoms with E-state index in [9.17, 15) is 19.5 Å². The first-order valence-electron chi connectivity index (χ1n) is 13.1. The highest BCUT2D eigenvalue weighted by atomic mass is 35.5. The number of hydrogen-bond donors (Lipinski definition) is 1. The highest BCUT2D eigenvalue weighted by molar-refractivity contribution is 6.21. The van der Waals surface area contributed by atoms with E-state index in [-0.39, 0.29) is 47.3 Å². The summed E-state index contributed by atoms with van der Waals surface area (Å²) in [6, 6.07) is 0. The molecular formula is C28H38ClNO6. The van der Waals surface area contributed by atoms with E-state index in [1.807, 2.05) is 13.0 Å². The molecule has 1 N–H and O–H groups in total. The molecule has 198 valence electrons. The minimum Gasteiger partial charge on any atom is -0.457 e. The first-order valence-corrected chi connectivity index (χ1v) is 13.6. The standard InChI is InChI=1S/C28H38ClNO6/c1-6-23(33)35-14-22(32)28(36-24(34)7-2)15(3)10-18-19(28)13-21(31)26-25(18)20(29)12-16-11-17(30-5)8-9-27(16,26)4/h8-9,11,15,18-21,25-26,31H,6-7,10,12-14H2,1-5H3/b30-17+/t15-,18-,19?,20-,21+,25-,26+,27+,28-/m1/s1. The second-order valence-electron chi connectivity index (χ2n) is 11.0. The van der Waals surface area contributed by atoms with E-state index in [4.69, 9.17) is 21.1 Å². The lowest BCUT2D eigenvalue weighted by atomic mass is 9.49. The summed E-state index contributed by atoms with van der Waals surface area (Å²) in [5.74, 6) is -2.27. The van der Waals surface area contributed by atoms with Gasteiger partial charge in [0.2, 0.25) is 5.78 Å². The van der Waals surface area contributed by atoms with Crippen LogP contribution in [0.25, 0.3) is 0 Å². The van der Waals surface area contributed by atoms with Crippen molar-refractivity contribution in [3.05, 3.63) is 23.8 Å². The number of rotatable bonds is 6. The van der Waals surface area contributed by atoms with E-state index in [0.29, 0.717) is 19.3 Å². The Bertz CT molecular complexity index is 1020. The summed E-state index contributed by atoms with van der Waals surface area (Å²) >= 11 is 7.09. The number of Topliss-reactive ketones (excluding diaryl/α,β-unsaturated/α-hetero) is 1. The van der Waals surface area contributed by atoms with Crippen LogP contribution in [-0.4, -0.2) is 59.3 Å². The Hall–Kier alpha value is -1.99. The molecule has 3 fully saturated rings. The largest absolute Gasteiger partial charge is 0.457 e.